The predicted molar refractivity (Wildman–Crippen MR) is 264 cm³/mol. The Kier molecular flexibility index (Phi) is 42.3. The molecule has 10 nitrogen and oxygen atoms in total. The van der Waals surface area contributed by atoms with E-state index in [1.807, 2.05) is 0 Å². The van der Waals surface area contributed by atoms with E-state index in [4.69, 9.17) is 9.47 Å². The summed E-state index contributed by atoms with van der Waals surface area (Å²) in [6, 6.07) is -0.891. The van der Waals surface area contributed by atoms with E-state index in [1.165, 1.54) is 186 Å². The summed E-state index contributed by atoms with van der Waals surface area (Å²) in [6.07, 6.45) is 42.8. The van der Waals surface area contributed by atoms with Gasteiger partial charge < -0.3 is 45.4 Å². The van der Waals surface area contributed by atoms with Gasteiger partial charge in [-0.05, 0) is 38.5 Å². The summed E-state index contributed by atoms with van der Waals surface area (Å²) in [5.41, 5.74) is 0. The molecule has 0 radical (unpaired) electrons. The molecular formula is C54H105NO9. The normalized spacial score (nSPS) is 20.5. The van der Waals surface area contributed by atoms with Crippen LogP contribution in [0.15, 0.2) is 12.2 Å². The Labute approximate surface area is 393 Å². The molecule has 1 heterocycles. The summed E-state index contributed by atoms with van der Waals surface area (Å²) < 4.78 is 11.2. The number of hydrogen-bond donors (Lipinski definition) is 7. The lowest BCUT2D eigenvalue weighted by molar-refractivity contribution is -0.302. The van der Waals surface area contributed by atoms with Crippen molar-refractivity contribution in [2.75, 3.05) is 13.2 Å². The summed E-state index contributed by atoms with van der Waals surface area (Å²) >= 11 is 0. The van der Waals surface area contributed by atoms with Gasteiger partial charge in [0.25, 0.3) is 0 Å². The number of unbranched alkanes of at least 4 members (excludes halogenated alkanes) is 34. The lowest BCUT2D eigenvalue weighted by atomic mass is 9.99. The van der Waals surface area contributed by atoms with Gasteiger partial charge in [0, 0.05) is 0 Å². The second-order valence-corrected chi connectivity index (χ2v) is 19.5. The third kappa shape index (κ3) is 33.4. The van der Waals surface area contributed by atoms with Gasteiger partial charge in [0.05, 0.1) is 25.4 Å². The fraction of sp³-hybridized carbons (Fsp3) is 0.944. The first-order chi connectivity index (χ1) is 31.3. The molecule has 0 aromatic carbocycles. The molecule has 1 aliphatic rings. The fourth-order valence-electron chi connectivity index (χ4n) is 8.99. The molecule has 8 unspecified atom stereocenters. The maximum atomic E-state index is 13.1. The number of nitrogens with one attached hydrogen (secondary N) is 1. The van der Waals surface area contributed by atoms with Gasteiger partial charge in [0.2, 0.25) is 5.91 Å². The largest absolute Gasteiger partial charge is 0.394 e. The van der Waals surface area contributed by atoms with E-state index in [-0.39, 0.29) is 6.61 Å². The Morgan fingerprint density at radius 1 is 0.516 bits per heavy atom. The first-order valence-electron chi connectivity index (χ1n) is 27.5. The molecule has 8 atom stereocenters. The van der Waals surface area contributed by atoms with Crippen LogP contribution in [0.25, 0.3) is 0 Å². The zero-order valence-corrected chi connectivity index (χ0v) is 41.7. The molecule has 1 aliphatic heterocycles. The lowest BCUT2D eigenvalue weighted by Crippen LogP contribution is -2.60. The molecule has 0 aliphatic carbocycles. The molecule has 1 saturated heterocycles. The van der Waals surface area contributed by atoms with E-state index < -0.39 is 61.5 Å². The molecule has 64 heavy (non-hydrogen) atoms. The molecule has 7 N–H and O–H groups in total. The SMILES string of the molecule is CCCCCCCCCCCCCC/C=C\CCCCCCCCCCCCCC(O)C(=O)NC(COC1OC(CO)C(O)C(O)C1O)C(O)CCCCCCCCCCCCCC. The Morgan fingerprint density at radius 3 is 1.27 bits per heavy atom. The van der Waals surface area contributed by atoms with Crippen LogP contribution in [0.1, 0.15) is 264 Å². The van der Waals surface area contributed by atoms with Gasteiger partial charge in [-0.1, -0.05) is 238 Å². The van der Waals surface area contributed by atoms with E-state index in [2.05, 4.69) is 31.3 Å². The lowest BCUT2D eigenvalue weighted by Gasteiger charge is -2.40. The van der Waals surface area contributed by atoms with Crippen LogP contribution in [0.2, 0.25) is 0 Å². The van der Waals surface area contributed by atoms with Crippen molar-refractivity contribution < 1.29 is 44.9 Å². The summed E-state index contributed by atoms with van der Waals surface area (Å²) in [5.74, 6) is -0.581. The van der Waals surface area contributed by atoms with Crippen molar-refractivity contribution in [3.63, 3.8) is 0 Å². The van der Waals surface area contributed by atoms with Crippen LogP contribution < -0.4 is 5.32 Å². The van der Waals surface area contributed by atoms with Crippen molar-refractivity contribution in [3.8, 4) is 0 Å². The summed E-state index contributed by atoms with van der Waals surface area (Å²) in [6.45, 7) is 3.69. The number of carbonyl (C=O) groups is 1. The van der Waals surface area contributed by atoms with Crippen molar-refractivity contribution >= 4 is 5.91 Å². The summed E-state index contributed by atoms with van der Waals surface area (Å²) in [4.78, 5) is 13.1. The monoisotopic (exact) mass is 912 g/mol. The van der Waals surface area contributed by atoms with Gasteiger partial charge >= 0.3 is 0 Å². The minimum atomic E-state index is -1.59. The number of ether oxygens (including phenoxy) is 2. The Bertz CT molecular complexity index is 1030. The number of allylic oxidation sites excluding steroid dienone is 2. The molecule has 0 aromatic rings. The second-order valence-electron chi connectivity index (χ2n) is 19.5. The van der Waals surface area contributed by atoms with Crippen LogP contribution in [0.4, 0.5) is 0 Å². The Morgan fingerprint density at radius 2 is 0.875 bits per heavy atom. The smallest absolute Gasteiger partial charge is 0.249 e. The van der Waals surface area contributed by atoms with Crippen LogP contribution in [0, 0.1) is 0 Å². The van der Waals surface area contributed by atoms with Crippen LogP contribution in [-0.4, -0.2) is 98.7 Å². The number of rotatable bonds is 47. The van der Waals surface area contributed by atoms with Crippen molar-refractivity contribution in [2.24, 2.45) is 0 Å². The maximum absolute atomic E-state index is 13.1. The molecule has 0 bridgehead atoms. The number of aliphatic hydroxyl groups is 6. The van der Waals surface area contributed by atoms with Crippen molar-refractivity contribution in [3.05, 3.63) is 12.2 Å². The van der Waals surface area contributed by atoms with Crippen LogP contribution in [0.5, 0.6) is 0 Å². The van der Waals surface area contributed by atoms with Crippen LogP contribution in [-0.2, 0) is 14.3 Å². The van der Waals surface area contributed by atoms with E-state index >= 15 is 0 Å². The van der Waals surface area contributed by atoms with Crippen LogP contribution >= 0.6 is 0 Å². The third-order valence-corrected chi connectivity index (χ3v) is 13.5. The van der Waals surface area contributed by atoms with Gasteiger partial charge in [0.15, 0.2) is 6.29 Å². The topological polar surface area (TPSA) is 169 Å². The second kappa shape index (κ2) is 44.4. The number of amides is 1. The highest BCUT2D eigenvalue weighted by Gasteiger charge is 2.44. The summed E-state index contributed by atoms with van der Waals surface area (Å²) in [5, 5.41) is 65.0. The average molecular weight is 912 g/mol. The molecule has 0 spiro atoms. The highest BCUT2D eigenvalue weighted by Crippen LogP contribution is 2.23. The molecule has 1 amide bonds. The van der Waals surface area contributed by atoms with Gasteiger partial charge in [-0.15, -0.1) is 0 Å². The zero-order valence-electron chi connectivity index (χ0n) is 41.7. The van der Waals surface area contributed by atoms with E-state index in [0.29, 0.717) is 12.8 Å². The maximum Gasteiger partial charge on any atom is 0.249 e. The highest BCUT2D eigenvalue weighted by atomic mass is 16.7. The van der Waals surface area contributed by atoms with Crippen molar-refractivity contribution in [2.45, 2.75) is 313 Å². The molecule has 0 aromatic heterocycles. The number of aliphatic hydroxyl groups excluding tert-OH is 6. The molecular weight excluding hydrogens is 807 g/mol. The highest BCUT2D eigenvalue weighted by molar-refractivity contribution is 5.80. The van der Waals surface area contributed by atoms with E-state index in [1.54, 1.807) is 0 Å². The first kappa shape index (κ1) is 60.9. The first-order valence-corrected chi connectivity index (χ1v) is 27.5. The van der Waals surface area contributed by atoms with Gasteiger partial charge in [-0.25, -0.2) is 0 Å². The quantitative estimate of drug-likeness (QED) is 0.0232. The molecule has 1 fully saturated rings. The Balaban J connectivity index is 2.20. The van der Waals surface area contributed by atoms with Crippen molar-refractivity contribution in [1.82, 2.24) is 5.32 Å². The minimum absolute atomic E-state index is 0.252. The number of carbonyl (C=O) groups excluding carboxylic acids is 1. The molecule has 10 heteroatoms. The standard InChI is InChI=1S/C54H105NO9/c1-3-5-7-9-11-13-15-17-18-19-20-21-22-23-24-25-26-27-28-29-30-31-33-35-37-39-41-43-48(58)53(62)55-46(45-63-54-52(61)51(60)50(59)49(44-56)64-54)47(57)42-40-38-36-34-32-16-14-12-10-8-6-4-2/h23-24,46-52,54,56-61H,3-22,25-45H2,1-2H3,(H,55,62)/b24-23-. The van der Waals surface area contributed by atoms with E-state index in [0.717, 1.165) is 51.4 Å². The molecule has 0 saturated carbocycles. The number of hydrogen-bond acceptors (Lipinski definition) is 9. The summed E-state index contributed by atoms with van der Waals surface area (Å²) in [7, 11) is 0. The molecule has 380 valence electrons. The Hall–Kier alpha value is -1.11. The minimum Gasteiger partial charge on any atom is -0.394 e. The van der Waals surface area contributed by atoms with Gasteiger partial charge in [-0.3, -0.25) is 4.79 Å². The average Bonchev–Trinajstić information content (AvgIpc) is 3.29. The fourth-order valence-corrected chi connectivity index (χ4v) is 8.99. The van der Waals surface area contributed by atoms with Gasteiger partial charge in [-0.2, -0.15) is 0 Å². The van der Waals surface area contributed by atoms with E-state index in [9.17, 15) is 35.4 Å². The van der Waals surface area contributed by atoms with Crippen LogP contribution in [0.3, 0.4) is 0 Å². The zero-order chi connectivity index (χ0) is 46.7. The molecule has 1 rings (SSSR count). The van der Waals surface area contributed by atoms with Gasteiger partial charge in [0.1, 0.15) is 30.5 Å². The van der Waals surface area contributed by atoms with Crippen molar-refractivity contribution in [1.29, 1.82) is 0 Å². The third-order valence-electron chi connectivity index (χ3n) is 13.5. The predicted octanol–water partition coefficient (Wildman–Crippen LogP) is 11.8.